The Labute approximate surface area is 123 Å². The molecule has 4 heteroatoms. The molecule has 1 aromatic rings. The van der Waals surface area contributed by atoms with E-state index in [1.165, 1.54) is 22.2 Å². The summed E-state index contributed by atoms with van der Waals surface area (Å²) in [4.78, 5) is 4.92. The van der Waals surface area contributed by atoms with E-state index >= 15 is 0 Å². The van der Waals surface area contributed by atoms with E-state index in [-0.39, 0.29) is 0 Å². The fourth-order valence-corrected chi connectivity index (χ4v) is 3.21. The van der Waals surface area contributed by atoms with Crippen molar-refractivity contribution in [2.75, 3.05) is 37.3 Å². The predicted octanol–water partition coefficient (Wildman–Crippen LogP) is 2.79. The van der Waals surface area contributed by atoms with Gasteiger partial charge in [-0.15, -0.1) is 0 Å². The van der Waals surface area contributed by atoms with Crippen LogP contribution in [0.15, 0.2) is 18.2 Å². The van der Waals surface area contributed by atoms with Gasteiger partial charge in [-0.1, -0.05) is 6.92 Å². The smallest absolute Gasteiger partial charge is 0.0603 e. The number of benzene rings is 1. The second-order valence-electron chi connectivity index (χ2n) is 5.07. The van der Waals surface area contributed by atoms with Gasteiger partial charge in [0.25, 0.3) is 0 Å². The minimum absolute atomic E-state index is 0.569. The zero-order valence-corrected chi connectivity index (χ0v) is 13.4. The number of anilines is 2. The van der Waals surface area contributed by atoms with Gasteiger partial charge in [-0.2, -0.15) is 0 Å². The molecule has 0 aliphatic carbocycles. The Hall–Kier alpha value is -0.490. The maximum Gasteiger partial charge on any atom is 0.0603 e. The first-order valence-electron chi connectivity index (χ1n) is 6.62. The van der Waals surface area contributed by atoms with Crippen LogP contribution in [0.3, 0.4) is 0 Å². The summed E-state index contributed by atoms with van der Waals surface area (Å²) in [5.74, 6) is 0. The first-order chi connectivity index (χ1) is 8.61. The third-order valence-electron chi connectivity index (χ3n) is 3.67. The molecule has 0 bridgehead atoms. The van der Waals surface area contributed by atoms with Crippen molar-refractivity contribution in [2.45, 2.75) is 25.8 Å². The van der Waals surface area contributed by atoms with Gasteiger partial charge < -0.3 is 15.5 Å². The Kier molecular flexibility index (Phi) is 4.72. The summed E-state index contributed by atoms with van der Waals surface area (Å²) in [6, 6.07) is 6.95. The molecule has 100 valence electrons. The molecule has 1 aromatic carbocycles. The summed E-state index contributed by atoms with van der Waals surface area (Å²) in [6.45, 7) is 5.67. The summed E-state index contributed by atoms with van der Waals surface area (Å²) < 4.78 is 1.20. The molecule has 1 unspecified atom stereocenters. The highest BCUT2D eigenvalue weighted by molar-refractivity contribution is 14.1. The van der Waals surface area contributed by atoms with Crippen LogP contribution >= 0.6 is 22.6 Å². The maximum absolute atomic E-state index is 6.19. The lowest BCUT2D eigenvalue weighted by Gasteiger charge is -2.33. The van der Waals surface area contributed by atoms with Crippen LogP contribution in [0.25, 0.3) is 0 Å². The average molecular weight is 359 g/mol. The molecule has 0 saturated carbocycles. The number of hydrogen-bond donors (Lipinski definition) is 1. The van der Waals surface area contributed by atoms with Crippen LogP contribution in [0.4, 0.5) is 11.4 Å². The molecule has 0 amide bonds. The van der Waals surface area contributed by atoms with Crippen molar-refractivity contribution in [1.82, 2.24) is 4.90 Å². The molecule has 18 heavy (non-hydrogen) atoms. The number of halogens is 1. The molecule has 1 aliphatic heterocycles. The van der Waals surface area contributed by atoms with Crippen molar-refractivity contribution in [3.63, 3.8) is 0 Å². The molecule has 0 radical (unpaired) electrons. The molecule has 1 saturated heterocycles. The van der Waals surface area contributed by atoms with Gasteiger partial charge in [0.05, 0.1) is 11.4 Å². The van der Waals surface area contributed by atoms with E-state index in [2.05, 4.69) is 64.6 Å². The van der Waals surface area contributed by atoms with E-state index in [1.807, 2.05) is 0 Å². The molecule has 1 fully saturated rings. The first kappa shape index (κ1) is 13.9. The van der Waals surface area contributed by atoms with Crippen LogP contribution < -0.4 is 10.6 Å². The van der Waals surface area contributed by atoms with E-state index < -0.39 is 0 Å². The molecular weight excluding hydrogens is 337 g/mol. The second kappa shape index (κ2) is 6.10. The number of nitrogen functional groups attached to an aromatic ring is 1. The molecule has 1 atom stereocenters. The minimum Gasteiger partial charge on any atom is -0.397 e. The minimum atomic E-state index is 0.569. The van der Waals surface area contributed by atoms with E-state index in [9.17, 15) is 0 Å². The van der Waals surface area contributed by atoms with Crippen LogP contribution in [0.1, 0.15) is 19.8 Å². The Morgan fingerprint density at radius 2 is 2.17 bits per heavy atom. The topological polar surface area (TPSA) is 32.5 Å². The number of nitrogens with zero attached hydrogens (tertiary/aromatic N) is 2. The van der Waals surface area contributed by atoms with Crippen molar-refractivity contribution in [1.29, 1.82) is 0 Å². The average Bonchev–Trinajstić information content (AvgIpc) is 2.51. The number of hydrogen-bond acceptors (Lipinski definition) is 3. The summed E-state index contributed by atoms with van der Waals surface area (Å²) in [6.07, 6.45) is 2.37. The first-order valence-corrected chi connectivity index (χ1v) is 7.70. The van der Waals surface area contributed by atoms with Crippen LogP contribution in [-0.4, -0.2) is 37.6 Å². The monoisotopic (exact) mass is 359 g/mol. The lowest BCUT2D eigenvalue weighted by atomic mass is 10.1. The van der Waals surface area contributed by atoms with Gasteiger partial charge in [-0.25, -0.2) is 0 Å². The third kappa shape index (κ3) is 3.09. The van der Waals surface area contributed by atoms with Crippen molar-refractivity contribution < 1.29 is 0 Å². The highest BCUT2D eigenvalue weighted by Crippen LogP contribution is 2.29. The highest BCUT2D eigenvalue weighted by atomic mass is 127. The molecule has 2 rings (SSSR count). The number of nitrogens with two attached hydrogens (primary N) is 1. The Bertz CT molecular complexity index is 408. The van der Waals surface area contributed by atoms with Crippen molar-refractivity contribution in [3.8, 4) is 0 Å². The summed E-state index contributed by atoms with van der Waals surface area (Å²) >= 11 is 2.31. The molecule has 2 N–H and O–H groups in total. The maximum atomic E-state index is 6.19. The molecule has 1 heterocycles. The normalized spacial score (nSPS) is 21.9. The highest BCUT2D eigenvalue weighted by Gasteiger charge is 2.23. The van der Waals surface area contributed by atoms with Gasteiger partial charge in [-0.05, 0) is 67.2 Å². The van der Waals surface area contributed by atoms with Crippen LogP contribution in [0.5, 0.6) is 0 Å². The molecule has 0 aromatic heterocycles. The molecule has 3 nitrogen and oxygen atoms in total. The van der Waals surface area contributed by atoms with Gasteiger partial charge in [0.1, 0.15) is 0 Å². The van der Waals surface area contributed by atoms with Crippen LogP contribution in [-0.2, 0) is 0 Å². The van der Waals surface area contributed by atoms with Gasteiger partial charge in [0, 0.05) is 22.7 Å². The lowest BCUT2D eigenvalue weighted by molar-refractivity contribution is 0.328. The predicted molar refractivity (Wildman–Crippen MR) is 87.1 cm³/mol. The fourth-order valence-electron chi connectivity index (χ4n) is 2.70. The van der Waals surface area contributed by atoms with E-state index in [0.717, 1.165) is 25.2 Å². The van der Waals surface area contributed by atoms with Crippen molar-refractivity contribution in [3.05, 3.63) is 21.8 Å². The zero-order chi connectivity index (χ0) is 13.1. The van der Waals surface area contributed by atoms with E-state index in [0.29, 0.717) is 6.04 Å². The second-order valence-corrected chi connectivity index (χ2v) is 6.32. The third-order valence-corrected chi connectivity index (χ3v) is 4.34. The standard InChI is InChI=1S/C14H22IN3/c1-3-12-10-17(2)7-4-8-18(12)14-6-5-11(15)9-13(14)16/h5-6,9,12H,3-4,7-8,10,16H2,1-2H3. The van der Waals surface area contributed by atoms with Gasteiger partial charge >= 0.3 is 0 Å². The van der Waals surface area contributed by atoms with Gasteiger partial charge in [0.2, 0.25) is 0 Å². The van der Waals surface area contributed by atoms with Crippen molar-refractivity contribution in [2.24, 2.45) is 0 Å². The molecule has 1 aliphatic rings. The zero-order valence-electron chi connectivity index (χ0n) is 11.2. The summed E-state index contributed by atoms with van der Waals surface area (Å²) in [7, 11) is 2.21. The fraction of sp³-hybridized carbons (Fsp3) is 0.571. The van der Waals surface area contributed by atoms with Crippen molar-refractivity contribution >= 4 is 34.0 Å². The van der Waals surface area contributed by atoms with Gasteiger partial charge in [0.15, 0.2) is 0 Å². The van der Waals surface area contributed by atoms with E-state index in [4.69, 9.17) is 5.73 Å². The molecule has 0 spiro atoms. The Morgan fingerprint density at radius 3 is 2.83 bits per heavy atom. The van der Waals surface area contributed by atoms with Gasteiger partial charge in [-0.3, -0.25) is 0 Å². The Balaban J connectivity index is 2.28. The largest absolute Gasteiger partial charge is 0.397 e. The van der Waals surface area contributed by atoms with E-state index in [1.54, 1.807) is 0 Å². The molecular formula is C14H22IN3. The summed E-state index contributed by atoms with van der Waals surface area (Å²) in [5.41, 5.74) is 8.31. The number of rotatable bonds is 2. The summed E-state index contributed by atoms with van der Waals surface area (Å²) in [5, 5.41) is 0. The lowest BCUT2D eigenvalue weighted by Crippen LogP contribution is -2.40. The van der Waals surface area contributed by atoms with Crippen LogP contribution in [0, 0.1) is 3.57 Å². The van der Waals surface area contributed by atoms with Crippen LogP contribution in [0.2, 0.25) is 0 Å². The Morgan fingerprint density at radius 1 is 1.39 bits per heavy atom. The quantitative estimate of drug-likeness (QED) is 0.651. The SMILES string of the molecule is CCC1CN(C)CCCN1c1ccc(I)cc1N. The number of likely N-dealkylation sites (N-methyl/N-ethyl adjacent to an activating group) is 1.